The van der Waals surface area contributed by atoms with E-state index in [1.54, 1.807) is 18.6 Å². The van der Waals surface area contributed by atoms with Crippen molar-refractivity contribution in [2.45, 2.75) is 0 Å². The largest absolute Gasteiger partial charge is 0.354 e. The van der Waals surface area contributed by atoms with Crippen molar-refractivity contribution in [3.8, 4) is 0 Å². The molecule has 1 aromatic carbocycles. The summed E-state index contributed by atoms with van der Waals surface area (Å²) in [7, 11) is 0. The molecule has 0 bridgehead atoms. The topological polar surface area (TPSA) is 70.7 Å². The van der Waals surface area contributed by atoms with Crippen molar-refractivity contribution in [1.82, 2.24) is 15.2 Å². The maximum atomic E-state index is 11.7. The Bertz CT molecular complexity index is 737. The SMILES string of the molecule is O=c1[nH]ccc2ccc(Nc3ccnnc3)cc12. The normalized spacial score (nSPS) is 10.4. The van der Waals surface area contributed by atoms with E-state index in [2.05, 4.69) is 20.5 Å². The van der Waals surface area contributed by atoms with Gasteiger partial charge in [0.2, 0.25) is 0 Å². The molecule has 88 valence electrons. The lowest BCUT2D eigenvalue weighted by Crippen LogP contribution is -2.04. The van der Waals surface area contributed by atoms with E-state index in [9.17, 15) is 4.79 Å². The highest BCUT2D eigenvalue weighted by atomic mass is 16.1. The molecular weight excluding hydrogens is 228 g/mol. The number of aromatic nitrogens is 3. The van der Waals surface area contributed by atoms with Crippen LogP contribution in [0.4, 0.5) is 11.4 Å². The number of rotatable bonds is 2. The van der Waals surface area contributed by atoms with Crippen LogP contribution >= 0.6 is 0 Å². The molecule has 0 atom stereocenters. The van der Waals surface area contributed by atoms with Crippen LogP contribution in [-0.2, 0) is 0 Å². The van der Waals surface area contributed by atoms with Crippen molar-refractivity contribution < 1.29 is 0 Å². The first-order valence-electron chi connectivity index (χ1n) is 5.48. The van der Waals surface area contributed by atoms with Crippen LogP contribution in [0.15, 0.2) is 53.7 Å². The van der Waals surface area contributed by atoms with E-state index in [1.165, 1.54) is 0 Å². The molecule has 2 N–H and O–H groups in total. The van der Waals surface area contributed by atoms with Gasteiger partial charge in [0.15, 0.2) is 0 Å². The number of H-pyrrole nitrogens is 1. The van der Waals surface area contributed by atoms with Crippen molar-refractivity contribution >= 4 is 22.1 Å². The highest BCUT2D eigenvalue weighted by Gasteiger charge is 2.00. The average molecular weight is 238 g/mol. The van der Waals surface area contributed by atoms with Gasteiger partial charge in [0.1, 0.15) is 0 Å². The van der Waals surface area contributed by atoms with Crippen molar-refractivity contribution in [2.24, 2.45) is 0 Å². The van der Waals surface area contributed by atoms with Gasteiger partial charge >= 0.3 is 0 Å². The quantitative estimate of drug-likeness (QED) is 0.717. The van der Waals surface area contributed by atoms with Crippen LogP contribution in [0.1, 0.15) is 0 Å². The van der Waals surface area contributed by atoms with Gasteiger partial charge in [-0.25, -0.2) is 0 Å². The number of pyridine rings is 1. The van der Waals surface area contributed by atoms with Gasteiger partial charge in [0.25, 0.3) is 5.56 Å². The summed E-state index contributed by atoms with van der Waals surface area (Å²) >= 11 is 0. The summed E-state index contributed by atoms with van der Waals surface area (Å²) in [4.78, 5) is 14.3. The first kappa shape index (κ1) is 10.5. The second-order valence-electron chi connectivity index (χ2n) is 3.86. The third-order valence-corrected chi connectivity index (χ3v) is 2.65. The molecule has 0 radical (unpaired) electrons. The second-order valence-corrected chi connectivity index (χ2v) is 3.86. The summed E-state index contributed by atoms with van der Waals surface area (Å²) < 4.78 is 0. The number of anilines is 2. The predicted octanol–water partition coefficient (Wildman–Crippen LogP) is 2.06. The van der Waals surface area contributed by atoms with E-state index < -0.39 is 0 Å². The molecule has 2 heterocycles. The lowest BCUT2D eigenvalue weighted by atomic mass is 10.1. The number of hydrogen-bond donors (Lipinski definition) is 2. The zero-order chi connectivity index (χ0) is 12.4. The van der Waals surface area contributed by atoms with Gasteiger partial charge in [-0.05, 0) is 29.7 Å². The molecule has 3 rings (SSSR count). The van der Waals surface area contributed by atoms with Crippen molar-refractivity contribution in [1.29, 1.82) is 0 Å². The molecule has 0 saturated heterocycles. The summed E-state index contributed by atoms with van der Waals surface area (Å²) in [6, 6.07) is 9.32. The van der Waals surface area contributed by atoms with E-state index in [0.717, 1.165) is 16.8 Å². The first-order valence-corrected chi connectivity index (χ1v) is 5.48. The molecule has 0 aliphatic carbocycles. The standard InChI is InChI=1S/C13H10N4O/c18-13-12-7-10(2-1-9(12)3-5-14-13)17-11-4-6-15-16-8-11/h1-8H,(H,14,18)(H,15,17). The predicted molar refractivity (Wildman–Crippen MR) is 69.9 cm³/mol. The second kappa shape index (κ2) is 4.29. The zero-order valence-corrected chi connectivity index (χ0v) is 9.42. The Kier molecular flexibility index (Phi) is 2.49. The fraction of sp³-hybridized carbons (Fsp3) is 0. The van der Waals surface area contributed by atoms with Gasteiger partial charge in [-0.1, -0.05) is 6.07 Å². The molecular formula is C13H10N4O. The van der Waals surface area contributed by atoms with Crippen molar-refractivity contribution in [3.05, 3.63) is 59.3 Å². The molecule has 0 unspecified atom stereocenters. The van der Waals surface area contributed by atoms with Crippen LogP contribution in [0.2, 0.25) is 0 Å². The molecule has 0 aliphatic rings. The smallest absolute Gasteiger partial charge is 0.255 e. The van der Waals surface area contributed by atoms with Crippen LogP contribution < -0.4 is 10.9 Å². The Morgan fingerprint density at radius 1 is 1.06 bits per heavy atom. The summed E-state index contributed by atoms with van der Waals surface area (Å²) in [5, 5.41) is 12.2. The summed E-state index contributed by atoms with van der Waals surface area (Å²) in [6.07, 6.45) is 4.88. The van der Waals surface area contributed by atoms with Gasteiger partial charge in [-0.2, -0.15) is 10.2 Å². The molecule has 5 heteroatoms. The minimum Gasteiger partial charge on any atom is -0.354 e. The number of aromatic amines is 1. The lowest BCUT2D eigenvalue weighted by molar-refractivity contribution is 1.03. The number of nitrogens with one attached hydrogen (secondary N) is 2. The molecule has 5 nitrogen and oxygen atoms in total. The van der Waals surface area contributed by atoms with Gasteiger partial charge < -0.3 is 10.3 Å². The Hall–Kier alpha value is -2.69. The fourth-order valence-corrected chi connectivity index (χ4v) is 1.79. The molecule has 0 amide bonds. The zero-order valence-electron chi connectivity index (χ0n) is 9.42. The Labute approximate surface area is 103 Å². The van der Waals surface area contributed by atoms with Crippen molar-refractivity contribution in [2.75, 3.05) is 5.32 Å². The number of benzene rings is 1. The fourth-order valence-electron chi connectivity index (χ4n) is 1.79. The van der Waals surface area contributed by atoms with E-state index in [-0.39, 0.29) is 5.56 Å². The molecule has 0 spiro atoms. The first-order chi connectivity index (χ1) is 8.83. The van der Waals surface area contributed by atoms with Crippen molar-refractivity contribution in [3.63, 3.8) is 0 Å². The number of hydrogen-bond acceptors (Lipinski definition) is 4. The molecule has 0 aliphatic heterocycles. The third kappa shape index (κ3) is 1.93. The maximum absolute atomic E-state index is 11.7. The van der Waals surface area contributed by atoms with Gasteiger partial charge in [0, 0.05) is 17.3 Å². The Balaban J connectivity index is 2.04. The Morgan fingerprint density at radius 2 is 2.00 bits per heavy atom. The molecule has 3 aromatic rings. The molecule has 18 heavy (non-hydrogen) atoms. The number of fused-ring (bicyclic) bond motifs is 1. The minimum atomic E-state index is -0.0935. The molecule has 0 saturated carbocycles. The van der Waals surface area contributed by atoms with Gasteiger partial charge in [0.05, 0.1) is 18.1 Å². The van der Waals surface area contributed by atoms with E-state index in [0.29, 0.717) is 5.39 Å². The molecule has 0 fully saturated rings. The average Bonchev–Trinajstić information content (AvgIpc) is 2.41. The van der Waals surface area contributed by atoms with Gasteiger partial charge in [-0.15, -0.1) is 0 Å². The monoisotopic (exact) mass is 238 g/mol. The third-order valence-electron chi connectivity index (χ3n) is 2.65. The van der Waals surface area contributed by atoms with E-state index in [1.807, 2.05) is 30.3 Å². The minimum absolute atomic E-state index is 0.0935. The van der Waals surface area contributed by atoms with Gasteiger partial charge in [-0.3, -0.25) is 4.79 Å². The van der Waals surface area contributed by atoms with E-state index >= 15 is 0 Å². The van der Waals surface area contributed by atoms with Crippen LogP contribution in [0, 0.1) is 0 Å². The number of nitrogens with zero attached hydrogens (tertiary/aromatic N) is 2. The lowest BCUT2D eigenvalue weighted by Gasteiger charge is -2.06. The van der Waals surface area contributed by atoms with Crippen LogP contribution in [0.25, 0.3) is 10.8 Å². The summed E-state index contributed by atoms with van der Waals surface area (Å²) in [5.74, 6) is 0. The van der Waals surface area contributed by atoms with Crippen LogP contribution in [-0.4, -0.2) is 15.2 Å². The van der Waals surface area contributed by atoms with Crippen LogP contribution in [0.3, 0.4) is 0 Å². The summed E-state index contributed by atoms with van der Waals surface area (Å²) in [5.41, 5.74) is 1.58. The highest BCUT2D eigenvalue weighted by Crippen LogP contribution is 2.19. The summed E-state index contributed by atoms with van der Waals surface area (Å²) in [6.45, 7) is 0. The maximum Gasteiger partial charge on any atom is 0.255 e. The van der Waals surface area contributed by atoms with Crippen LogP contribution in [0.5, 0.6) is 0 Å². The van der Waals surface area contributed by atoms with E-state index in [4.69, 9.17) is 0 Å². The Morgan fingerprint density at radius 3 is 2.83 bits per heavy atom. The molecule has 2 aromatic heterocycles. The highest BCUT2D eigenvalue weighted by molar-refractivity contribution is 5.85.